The Hall–Kier alpha value is -2.37. The Labute approximate surface area is 112 Å². The average Bonchev–Trinajstić information content (AvgIpc) is 2.39. The lowest BCUT2D eigenvalue weighted by Gasteiger charge is -2.12. The van der Waals surface area contributed by atoms with Crippen LogP contribution in [-0.2, 0) is 0 Å². The number of hydrogen-bond acceptors (Lipinski definition) is 6. The molecular formula is C13H17N5O. The van der Waals surface area contributed by atoms with E-state index in [1.54, 1.807) is 7.11 Å². The molecule has 0 saturated carbocycles. The molecule has 6 nitrogen and oxygen atoms in total. The maximum absolute atomic E-state index is 5.11. The number of anilines is 3. The van der Waals surface area contributed by atoms with Crippen molar-refractivity contribution in [3.05, 3.63) is 30.1 Å². The van der Waals surface area contributed by atoms with Gasteiger partial charge in [-0.2, -0.15) is 15.0 Å². The van der Waals surface area contributed by atoms with Gasteiger partial charge in [-0.25, -0.2) is 0 Å². The van der Waals surface area contributed by atoms with Gasteiger partial charge in [0.15, 0.2) is 0 Å². The lowest BCUT2D eigenvalue weighted by molar-refractivity contribution is 0.415. The predicted octanol–water partition coefficient (Wildman–Crippen LogP) is 2.00. The monoisotopic (exact) mass is 259 g/mol. The van der Waals surface area contributed by atoms with Crippen LogP contribution in [0.2, 0.25) is 0 Å². The van der Waals surface area contributed by atoms with E-state index < -0.39 is 0 Å². The average molecular weight is 259 g/mol. The van der Waals surface area contributed by atoms with Gasteiger partial charge in [-0.15, -0.1) is 0 Å². The third-order valence-corrected chi connectivity index (χ3v) is 2.48. The molecule has 2 rings (SSSR count). The zero-order valence-electron chi connectivity index (χ0n) is 11.5. The van der Waals surface area contributed by atoms with Crippen LogP contribution in [-0.4, -0.2) is 36.2 Å². The van der Waals surface area contributed by atoms with Gasteiger partial charge in [0.1, 0.15) is 11.6 Å². The van der Waals surface area contributed by atoms with Crippen molar-refractivity contribution in [3.63, 3.8) is 0 Å². The van der Waals surface area contributed by atoms with Crippen molar-refractivity contribution in [1.82, 2.24) is 15.0 Å². The van der Waals surface area contributed by atoms with Gasteiger partial charge in [-0.05, 0) is 31.2 Å². The Morgan fingerprint density at radius 1 is 1.05 bits per heavy atom. The fourth-order valence-electron chi connectivity index (χ4n) is 1.53. The molecule has 19 heavy (non-hydrogen) atoms. The fourth-order valence-corrected chi connectivity index (χ4v) is 1.53. The van der Waals surface area contributed by atoms with E-state index in [9.17, 15) is 0 Å². The Balaban J connectivity index is 2.22. The molecule has 0 bridgehead atoms. The standard InChI is InChI=1S/C13H17N5O/c1-9-14-12(17-13(15-9)18(2)3)16-10-5-7-11(19-4)8-6-10/h5-8H,1-4H3,(H,14,15,16,17). The maximum atomic E-state index is 5.11. The van der Waals surface area contributed by atoms with Gasteiger partial charge in [0.25, 0.3) is 0 Å². The summed E-state index contributed by atoms with van der Waals surface area (Å²) in [6.07, 6.45) is 0. The molecule has 0 radical (unpaired) electrons. The number of methoxy groups -OCH3 is 1. The van der Waals surface area contributed by atoms with E-state index in [2.05, 4.69) is 20.3 Å². The molecule has 0 unspecified atom stereocenters. The number of nitrogens with one attached hydrogen (secondary N) is 1. The number of nitrogens with zero attached hydrogens (tertiary/aromatic N) is 4. The second-order valence-electron chi connectivity index (χ2n) is 4.25. The smallest absolute Gasteiger partial charge is 0.232 e. The van der Waals surface area contributed by atoms with E-state index in [0.717, 1.165) is 11.4 Å². The highest BCUT2D eigenvalue weighted by Crippen LogP contribution is 2.18. The molecule has 0 amide bonds. The Morgan fingerprint density at radius 2 is 1.74 bits per heavy atom. The van der Waals surface area contributed by atoms with Crippen molar-refractivity contribution in [3.8, 4) is 5.75 Å². The van der Waals surface area contributed by atoms with Gasteiger partial charge in [0, 0.05) is 19.8 Å². The molecule has 1 N–H and O–H groups in total. The van der Waals surface area contributed by atoms with Crippen molar-refractivity contribution in [2.45, 2.75) is 6.92 Å². The second kappa shape index (κ2) is 5.51. The third-order valence-electron chi connectivity index (χ3n) is 2.48. The lowest BCUT2D eigenvalue weighted by Crippen LogP contribution is -2.15. The summed E-state index contributed by atoms with van der Waals surface area (Å²) in [5, 5.41) is 3.15. The minimum Gasteiger partial charge on any atom is -0.497 e. The van der Waals surface area contributed by atoms with E-state index in [0.29, 0.717) is 17.7 Å². The maximum Gasteiger partial charge on any atom is 0.232 e. The van der Waals surface area contributed by atoms with Crippen LogP contribution in [0.15, 0.2) is 24.3 Å². The van der Waals surface area contributed by atoms with E-state index in [1.165, 1.54) is 0 Å². The summed E-state index contributed by atoms with van der Waals surface area (Å²) in [4.78, 5) is 14.7. The summed E-state index contributed by atoms with van der Waals surface area (Å²) in [6, 6.07) is 7.58. The first kappa shape index (κ1) is 13.1. The Bertz CT molecular complexity index is 553. The molecule has 100 valence electrons. The van der Waals surface area contributed by atoms with Gasteiger partial charge in [-0.1, -0.05) is 0 Å². The molecule has 1 aromatic heterocycles. The van der Waals surface area contributed by atoms with Crippen LogP contribution in [0.3, 0.4) is 0 Å². The van der Waals surface area contributed by atoms with Crippen molar-refractivity contribution >= 4 is 17.6 Å². The molecule has 0 aliphatic rings. The van der Waals surface area contributed by atoms with E-state index in [1.807, 2.05) is 50.2 Å². The summed E-state index contributed by atoms with van der Waals surface area (Å²) < 4.78 is 5.11. The Kier molecular flexibility index (Phi) is 3.79. The zero-order valence-corrected chi connectivity index (χ0v) is 11.5. The molecule has 1 heterocycles. The molecule has 0 aliphatic heterocycles. The first-order chi connectivity index (χ1) is 9.08. The Morgan fingerprint density at radius 3 is 2.32 bits per heavy atom. The predicted molar refractivity (Wildman–Crippen MR) is 75.2 cm³/mol. The zero-order chi connectivity index (χ0) is 13.8. The molecule has 0 fully saturated rings. The first-order valence-electron chi connectivity index (χ1n) is 5.89. The van der Waals surface area contributed by atoms with Crippen LogP contribution >= 0.6 is 0 Å². The molecule has 0 aliphatic carbocycles. The van der Waals surface area contributed by atoms with Gasteiger partial charge < -0.3 is 15.0 Å². The molecule has 0 saturated heterocycles. The number of hydrogen-bond donors (Lipinski definition) is 1. The number of rotatable bonds is 4. The highest BCUT2D eigenvalue weighted by Gasteiger charge is 2.05. The number of ether oxygens (including phenoxy) is 1. The summed E-state index contributed by atoms with van der Waals surface area (Å²) in [5.41, 5.74) is 0.899. The SMILES string of the molecule is COc1ccc(Nc2nc(C)nc(N(C)C)n2)cc1. The minimum atomic E-state index is 0.529. The topological polar surface area (TPSA) is 63.2 Å². The van der Waals surface area contributed by atoms with Crippen molar-refractivity contribution in [1.29, 1.82) is 0 Å². The number of benzene rings is 1. The van der Waals surface area contributed by atoms with Gasteiger partial charge >= 0.3 is 0 Å². The highest BCUT2D eigenvalue weighted by molar-refractivity contribution is 5.55. The van der Waals surface area contributed by atoms with Crippen LogP contribution < -0.4 is 15.0 Å². The van der Waals surface area contributed by atoms with Crippen molar-refractivity contribution in [2.24, 2.45) is 0 Å². The van der Waals surface area contributed by atoms with E-state index in [-0.39, 0.29) is 0 Å². The van der Waals surface area contributed by atoms with E-state index >= 15 is 0 Å². The largest absolute Gasteiger partial charge is 0.497 e. The van der Waals surface area contributed by atoms with Crippen LogP contribution in [0.4, 0.5) is 17.6 Å². The second-order valence-corrected chi connectivity index (χ2v) is 4.25. The molecule has 6 heteroatoms. The van der Waals surface area contributed by atoms with Gasteiger partial charge in [0.2, 0.25) is 11.9 Å². The summed E-state index contributed by atoms with van der Waals surface area (Å²) >= 11 is 0. The minimum absolute atomic E-state index is 0.529. The van der Waals surface area contributed by atoms with Crippen LogP contribution in [0.25, 0.3) is 0 Å². The summed E-state index contributed by atoms with van der Waals surface area (Å²) in [5.74, 6) is 2.64. The first-order valence-corrected chi connectivity index (χ1v) is 5.89. The third kappa shape index (κ3) is 3.31. The summed E-state index contributed by atoms with van der Waals surface area (Å²) in [7, 11) is 5.43. The van der Waals surface area contributed by atoms with Crippen molar-refractivity contribution in [2.75, 3.05) is 31.4 Å². The molecule has 0 atom stereocenters. The van der Waals surface area contributed by atoms with Gasteiger partial charge in [-0.3, -0.25) is 0 Å². The molecular weight excluding hydrogens is 242 g/mol. The number of aromatic nitrogens is 3. The van der Waals surface area contributed by atoms with Crippen LogP contribution in [0.1, 0.15) is 5.82 Å². The van der Waals surface area contributed by atoms with Crippen LogP contribution in [0, 0.1) is 6.92 Å². The quantitative estimate of drug-likeness (QED) is 0.906. The van der Waals surface area contributed by atoms with Gasteiger partial charge in [0.05, 0.1) is 7.11 Å². The van der Waals surface area contributed by atoms with Crippen molar-refractivity contribution < 1.29 is 4.74 Å². The lowest BCUT2D eigenvalue weighted by atomic mass is 10.3. The highest BCUT2D eigenvalue weighted by atomic mass is 16.5. The summed E-state index contributed by atoms with van der Waals surface area (Å²) in [6.45, 7) is 1.84. The fraction of sp³-hybridized carbons (Fsp3) is 0.308. The van der Waals surface area contributed by atoms with Crippen LogP contribution in [0.5, 0.6) is 5.75 Å². The molecule has 1 aromatic carbocycles. The molecule has 2 aromatic rings. The molecule has 0 spiro atoms. The number of aryl methyl sites for hydroxylation is 1. The normalized spacial score (nSPS) is 10.1. The van der Waals surface area contributed by atoms with E-state index in [4.69, 9.17) is 4.74 Å².